The van der Waals surface area contributed by atoms with Crippen LogP contribution in [-0.2, 0) is 4.79 Å². The third-order valence-corrected chi connectivity index (χ3v) is 5.25. The molecule has 2 aliphatic rings. The smallest absolute Gasteiger partial charge is 0.234 e. The molecule has 1 saturated heterocycles. The van der Waals surface area contributed by atoms with Crippen LogP contribution in [0.25, 0.3) is 0 Å². The summed E-state index contributed by atoms with van der Waals surface area (Å²) in [5.41, 5.74) is 1.94. The molecule has 0 unspecified atom stereocenters. The second kappa shape index (κ2) is 7.68. The Kier molecular flexibility index (Phi) is 5.58. The first-order valence-electron chi connectivity index (χ1n) is 8.35. The number of halogens is 1. The van der Waals surface area contributed by atoms with Crippen LogP contribution in [0.3, 0.4) is 0 Å². The van der Waals surface area contributed by atoms with Gasteiger partial charge in [-0.15, -0.1) is 0 Å². The lowest BCUT2D eigenvalue weighted by Crippen LogP contribution is -2.52. The highest BCUT2D eigenvalue weighted by Gasteiger charge is 2.25. The average molecular weight is 367 g/mol. The number of benzene rings is 1. The summed E-state index contributed by atoms with van der Waals surface area (Å²) in [7, 11) is 0. The fourth-order valence-electron chi connectivity index (χ4n) is 2.75. The van der Waals surface area contributed by atoms with Crippen LogP contribution < -0.4 is 10.6 Å². The zero-order valence-corrected chi connectivity index (χ0v) is 15.4. The van der Waals surface area contributed by atoms with E-state index in [-0.39, 0.29) is 5.91 Å². The summed E-state index contributed by atoms with van der Waals surface area (Å²) in [5, 5.41) is 7.76. The Bertz CT molecular complexity index is 627. The van der Waals surface area contributed by atoms with Crippen molar-refractivity contribution in [2.75, 3.05) is 38.0 Å². The van der Waals surface area contributed by atoms with Crippen molar-refractivity contribution in [1.82, 2.24) is 15.1 Å². The molecule has 1 saturated carbocycles. The second-order valence-electron chi connectivity index (χ2n) is 6.45. The monoisotopic (exact) mass is 366 g/mol. The molecule has 7 heteroatoms. The maximum absolute atomic E-state index is 11.9. The molecule has 130 valence electrons. The van der Waals surface area contributed by atoms with E-state index in [1.807, 2.05) is 25.1 Å². The Hall–Kier alpha value is -1.37. The minimum atomic E-state index is 0.140. The number of amides is 1. The Morgan fingerprint density at radius 1 is 1.29 bits per heavy atom. The lowest BCUT2D eigenvalue weighted by atomic mass is 10.2. The molecule has 24 heavy (non-hydrogen) atoms. The topological polar surface area (TPSA) is 47.6 Å². The molecule has 3 rings (SSSR count). The van der Waals surface area contributed by atoms with E-state index in [2.05, 4.69) is 20.4 Å². The van der Waals surface area contributed by atoms with Gasteiger partial charge in [-0.1, -0.05) is 17.7 Å². The number of hydrogen-bond acceptors (Lipinski definition) is 3. The van der Waals surface area contributed by atoms with Crippen molar-refractivity contribution < 1.29 is 4.79 Å². The predicted octanol–water partition coefficient (Wildman–Crippen LogP) is 2.24. The Morgan fingerprint density at radius 3 is 2.67 bits per heavy atom. The molecule has 2 N–H and O–H groups in total. The third kappa shape index (κ3) is 4.59. The number of carbonyl (C=O) groups excluding carboxylic acids is 1. The Labute approximate surface area is 153 Å². The van der Waals surface area contributed by atoms with Gasteiger partial charge in [-0.25, -0.2) is 0 Å². The molecule has 5 nitrogen and oxygen atoms in total. The van der Waals surface area contributed by atoms with Gasteiger partial charge in [-0.3, -0.25) is 9.69 Å². The molecule has 1 amide bonds. The standard InChI is InChI=1S/C17H23ClN4OS/c1-12-14(18)3-2-4-15(12)20-17(24)22-9-7-21(8-10-22)11-16(23)19-13-5-6-13/h2-4,13H,5-11H2,1H3,(H,19,23)(H,20,24). The lowest BCUT2D eigenvalue weighted by Gasteiger charge is -2.36. The third-order valence-electron chi connectivity index (χ3n) is 4.48. The predicted molar refractivity (Wildman–Crippen MR) is 102 cm³/mol. The summed E-state index contributed by atoms with van der Waals surface area (Å²) in [5.74, 6) is 0.140. The summed E-state index contributed by atoms with van der Waals surface area (Å²) in [6.45, 7) is 5.79. The molecule has 1 heterocycles. The van der Waals surface area contributed by atoms with Gasteiger partial charge in [-0.2, -0.15) is 0 Å². The summed E-state index contributed by atoms with van der Waals surface area (Å²) in [6, 6.07) is 6.19. The van der Waals surface area contributed by atoms with Crippen LogP contribution in [0.1, 0.15) is 18.4 Å². The highest BCUT2D eigenvalue weighted by Crippen LogP contribution is 2.23. The Morgan fingerprint density at radius 2 is 2.00 bits per heavy atom. The number of anilines is 1. The number of nitrogens with one attached hydrogen (secondary N) is 2. The first-order valence-corrected chi connectivity index (χ1v) is 9.14. The minimum Gasteiger partial charge on any atom is -0.352 e. The minimum absolute atomic E-state index is 0.140. The van der Waals surface area contributed by atoms with Crippen molar-refractivity contribution in [3.8, 4) is 0 Å². The van der Waals surface area contributed by atoms with Crippen molar-refractivity contribution in [3.05, 3.63) is 28.8 Å². The summed E-state index contributed by atoms with van der Waals surface area (Å²) < 4.78 is 0. The van der Waals surface area contributed by atoms with Gasteiger partial charge >= 0.3 is 0 Å². The van der Waals surface area contributed by atoms with Gasteiger partial charge in [0.25, 0.3) is 0 Å². The van der Waals surface area contributed by atoms with Crippen LogP contribution in [0.2, 0.25) is 5.02 Å². The zero-order chi connectivity index (χ0) is 17.1. The highest BCUT2D eigenvalue weighted by molar-refractivity contribution is 7.80. The van der Waals surface area contributed by atoms with Gasteiger partial charge in [0, 0.05) is 42.9 Å². The van der Waals surface area contributed by atoms with Gasteiger partial charge in [0.05, 0.1) is 6.54 Å². The van der Waals surface area contributed by atoms with Crippen molar-refractivity contribution in [2.24, 2.45) is 0 Å². The van der Waals surface area contributed by atoms with E-state index in [0.29, 0.717) is 17.7 Å². The molecule has 2 fully saturated rings. The summed E-state index contributed by atoms with van der Waals surface area (Å²) in [6.07, 6.45) is 2.25. The van der Waals surface area contributed by atoms with E-state index in [4.69, 9.17) is 23.8 Å². The van der Waals surface area contributed by atoms with Crippen LogP contribution in [0.4, 0.5) is 5.69 Å². The van der Waals surface area contributed by atoms with Gasteiger partial charge in [0.15, 0.2) is 5.11 Å². The van der Waals surface area contributed by atoms with Gasteiger partial charge < -0.3 is 15.5 Å². The van der Waals surface area contributed by atoms with Crippen LogP contribution in [0.5, 0.6) is 0 Å². The van der Waals surface area contributed by atoms with Gasteiger partial charge in [0.1, 0.15) is 0 Å². The second-order valence-corrected chi connectivity index (χ2v) is 7.24. The molecule has 1 aliphatic heterocycles. The van der Waals surface area contributed by atoms with Crippen LogP contribution >= 0.6 is 23.8 Å². The van der Waals surface area contributed by atoms with Crippen molar-refractivity contribution in [3.63, 3.8) is 0 Å². The molecule has 1 aliphatic carbocycles. The van der Waals surface area contributed by atoms with Gasteiger partial charge in [0.2, 0.25) is 5.91 Å². The van der Waals surface area contributed by atoms with Crippen LogP contribution in [0.15, 0.2) is 18.2 Å². The molecular weight excluding hydrogens is 344 g/mol. The first-order chi connectivity index (χ1) is 11.5. The molecule has 0 aromatic heterocycles. The van der Waals surface area contributed by atoms with E-state index in [1.165, 1.54) is 0 Å². The number of thiocarbonyl (C=S) groups is 1. The Balaban J connectivity index is 1.46. The van der Waals surface area contributed by atoms with Gasteiger partial charge in [-0.05, 0) is 49.7 Å². The average Bonchev–Trinajstić information content (AvgIpc) is 3.36. The van der Waals surface area contributed by atoms with Crippen LogP contribution in [0, 0.1) is 6.92 Å². The number of carbonyl (C=O) groups is 1. The maximum Gasteiger partial charge on any atom is 0.234 e. The normalized spacial score (nSPS) is 18.3. The molecule has 0 bridgehead atoms. The number of hydrogen-bond donors (Lipinski definition) is 2. The molecule has 1 aromatic rings. The fourth-order valence-corrected chi connectivity index (χ4v) is 3.22. The largest absolute Gasteiger partial charge is 0.352 e. The number of piperazine rings is 1. The molecule has 1 aromatic carbocycles. The number of rotatable bonds is 4. The van der Waals surface area contributed by atoms with E-state index >= 15 is 0 Å². The van der Waals surface area contributed by atoms with Crippen molar-refractivity contribution >= 4 is 40.5 Å². The molecule has 0 spiro atoms. The molecule has 0 atom stereocenters. The zero-order valence-electron chi connectivity index (χ0n) is 13.8. The van der Waals surface area contributed by atoms with E-state index in [1.54, 1.807) is 0 Å². The number of nitrogens with zero attached hydrogens (tertiary/aromatic N) is 2. The van der Waals surface area contributed by atoms with E-state index in [0.717, 1.165) is 55.3 Å². The van der Waals surface area contributed by atoms with E-state index in [9.17, 15) is 4.79 Å². The van der Waals surface area contributed by atoms with Crippen LogP contribution in [-0.4, -0.2) is 59.6 Å². The first kappa shape index (κ1) is 17.5. The summed E-state index contributed by atoms with van der Waals surface area (Å²) >= 11 is 11.7. The summed E-state index contributed by atoms with van der Waals surface area (Å²) in [4.78, 5) is 16.2. The SMILES string of the molecule is Cc1c(Cl)cccc1NC(=S)N1CCN(CC(=O)NC2CC2)CC1. The van der Waals surface area contributed by atoms with Crippen molar-refractivity contribution in [1.29, 1.82) is 0 Å². The fraction of sp³-hybridized carbons (Fsp3) is 0.529. The molecular formula is C17H23ClN4OS. The van der Waals surface area contributed by atoms with E-state index < -0.39 is 0 Å². The lowest BCUT2D eigenvalue weighted by molar-refractivity contribution is -0.122. The highest BCUT2D eigenvalue weighted by atomic mass is 35.5. The maximum atomic E-state index is 11.9. The van der Waals surface area contributed by atoms with Crippen molar-refractivity contribution in [2.45, 2.75) is 25.8 Å². The quantitative estimate of drug-likeness (QED) is 0.800. The molecule has 0 radical (unpaired) electrons.